The van der Waals surface area contributed by atoms with Crippen LogP contribution < -0.4 is 5.73 Å². The minimum atomic E-state index is -0.00419. The van der Waals surface area contributed by atoms with Crippen LogP contribution in [-0.2, 0) is 13.0 Å². The highest BCUT2D eigenvalue weighted by Gasteiger charge is 2.16. The summed E-state index contributed by atoms with van der Waals surface area (Å²) in [6.07, 6.45) is 2.68. The third kappa shape index (κ3) is 2.36. The lowest BCUT2D eigenvalue weighted by molar-refractivity contribution is 0.569. The highest BCUT2D eigenvalue weighted by molar-refractivity contribution is 9.10. The van der Waals surface area contributed by atoms with Gasteiger partial charge in [0.25, 0.3) is 0 Å². The average molecular weight is 300 g/mol. The average Bonchev–Trinajstić information content (AvgIpc) is 2.87. The molecule has 86 valence electrons. The lowest BCUT2D eigenvalue weighted by Gasteiger charge is -2.13. The number of hydrogen-bond acceptors (Lipinski definition) is 3. The Labute approximate surface area is 107 Å². The Balaban J connectivity index is 2.20. The van der Waals surface area contributed by atoms with E-state index >= 15 is 0 Å². The van der Waals surface area contributed by atoms with Crippen molar-refractivity contribution in [2.24, 2.45) is 5.73 Å². The second kappa shape index (κ2) is 5.12. The van der Waals surface area contributed by atoms with Gasteiger partial charge >= 0.3 is 0 Å². The summed E-state index contributed by atoms with van der Waals surface area (Å²) < 4.78 is 2.95. The van der Waals surface area contributed by atoms with E-state index in [9.17, 15) is 0 Å². The Morgan fingerprint density at radius 2 is 2.44 bits per heavy atom. The molecule has 2 rings (SSSR count). The van der Waals surface area contributed by atoms with Gasteiger partial charge in [-0.25, -0.2) is 0 Å². The minimum absolute atomic E-state index is 0.00419. The van der Waals surface area contributed by atoms with Crippen LogP contribution in [0.1, 0.15) is 23.5 Å². The number of hydrogen-bond donors (Lipinski definition) is 1. The largest absolute Gasteiger partial charge is 0.322 e. The molecule has 0 aromatic carbocycles. The van der Waals surface area contributed by atoms with Crippen molar-refractivity contribution in [2.45, 2.75) is 25.9 Å². The van der Waals surface area contributed by atoms with E-state index in [0.717, 1.165) is 23.1 Å². The highest BCUT2D eigenvalue weighted by Crippen LogP contribution is 2.25. The van der Waals surface area contributed by atoms with E-state index in [0.29, 0.717) is 0 Å². The van der Waals surface area contributed by atoms with Crippen molar-refractivity contribution in [1.29, 1.82) is 0 Å². The quantitative estimate of drug-likeness (QED) is 0.943. The summed E-state index contributed by atoms with van der Waals surface area (Å²) >= 11 is 5.25. The molecule has 2 heterocycles. The van der Waals surface area contributed by atoms with Gasteiger partial charge in [-0.05, 0) is 34.3 Å². The molecule has 0 radical (unpaired) electrons. The first-order chi connectivity index (χ1) is 7.72. The molecule has 0 saturated carbocycles. The van der Waals surface area contributed by atoms with Crippen LogP contribution in [0.4, 0.5) is 0 Å². The van der Waals surface area contributed by atoms with Crippen LogP contribution in [0.3, 0.4) is 0 Å². The number of thiophene rings is 1. The van der Waals surface area contributed by atoms with Crippen molar-refractivity contribution in [3.05, 3.63) is 38.8 Å². The fourth-order valence-corrected chi connectivity index (χ4v) is 3.09. The van der Waals surface area contributed by atoms with E-state index in [1.54, 1.807) is 11.3 Å². The van der Waals surface area contributed by atoms with Crippen molar-refractivity contribution >= 4 is 27.3 Å². The Kier molecular flexibility index (Phi) is 3.78. The predicted octanol–water partition coefficient (Wildman–Crippen LogP) is 2.97. The molecule has 0 fully saturated rings. The zero-order chi connectivity index (χ0) is 11.5. The van der Waals surface area contributed by atoms with Crippen LogP contribution in [0.2, 0.25) is 0 Å². The van der Waals surface area contributed by atoms with Crippen molar-refractivity contribution in [1.82, 2.24) is 9.78 Å². The van der Waals surface area contributed by atoms with Crippen LogP contribution in [-0.4, -0.2) is 9.78 Å². The van der Waals surface area contributed by atoms with Gasteiger partial charge in [0.1, 0.15) is 0 Å². The van der Waals surface area contributed by atoms with E-state index in [2.05, 4.69) is 45.5 Å². The van der Waals surface area contributed by atoms with Crippen molar-refractivity contribution in [3.8, 4) is 0 Å². The number of rotatable bonds is 4. The van der Waals surface area contributed by atoms with E-state index in [-0.39, 0.29) is 6.04 Å². The summed E-state index contributed by atoms with van der Waals surface area (Å²) in [4.78, 5) is 1.31. The lowest BCUT2D eigenvalue weighted by Crippen LogP contribution is -2.18. The molecular weight excluding hydrogens is 286 g/mol. The van der Waals surface area contributed by atoms with Crippen LogP contribution in [0.5, 0.6) is 0 Å². The van der Waals surface area contributed by atoms with Crippen molar-refractivity contribution in [3.63, 3.8) is 0 Å². The van der Waals surface area contributed by atoms with Crippen LogP contribution in [0.15, 0.2) is 28.2 Å². The summed E-state index contributed by atoms with van der Waals surface area (Å²) in [5, 5.41) is 6.36. The number of aryl methyl sites for hydroxylation is 1. The molecule has 0 bridgehead atoms. The highest BCUT2D eigenvalue weighted by atomic mass is 79.9. The molecule has 3 nitrogen and oxygen atoms in total. The van der Waals surface area contributed by atoms with Gasteiger partial charge in [0.2, 0.25) is 0 Å². The number of aromatic nitrogens is 2. The molecule has 0 aliphatic rings. The molecule has 0 spiro atoms. The first-order valence-electron chi connectivity index (χ1n) is 5.21. The molecular formula is C11H14BrN3S. The third-order valence-electron chi connectivity index (χ3n) is 2.49. The number of halogens is 1. The van der Waals surface area contributed by atoms with Gasteiger partial charge in [0, 0.05) is 17.8 Å². The van der Waals surface area contributed by atoms with Gasteiger partial charge in [0.15, 0.2) is 0 Å². The fraction of sp³-hybridized carbons (Fsp3) is 0.364. The maximum Gasteiger partial charge on any atom is 0.0697 e. The summed E-state index contributed by atoms with van der Waals surface area (Å²) in [6.45, 7) is 2.92. The molecule has 0 aliphatic carbocycles. The SMILES string of the molecule is CCn1ncc(Br)c1C(N)Cc1cccs1. The number of nitrogens with zero attached hydrogens (tertiary/aromatic N) is 2. The number of nitrogens with two attached hydrogens (primary N) is 1. The molecule has 1 atom stereocenters. The fourth-order valence-electron chi connectivity index (χ4n) is 1.73. The first-order valence-corrected chi connectivity index (χ1v) is 6.88. The Morgan fingerprint density at radius 1 is 1.62 bits per heavy atom. The van der Waals surface area contributed by atoms with E-state index < -0.39 is 0 Å². The maximum atomic E-state index is 6.22. The summed E-state index contributed by atoms with van der Waals surface area (Å²) in [7, 11) is 0. The Morgan fingerprint density at radius 3 is 3.06 bits per heavy atom. The zero-order valence-electron chi connectivity index (χ0n) is 9.06. The summed E-state index contributed by atoms with van der Waals surface area (Å²) in [5.74, 6) is 0. The van der Waals surface area contributed by atoms with Gasteiger partial charge in [-0.1, -0.05) is 6.07 Å². The molecule has 2 N–H and O–H groups in total. The van der Waals surface area contributed by atoms with E-state index in [1.165, 1.54) is 4.88 Å². The monoisotopic (exact) mass is 299 g/mol. The van der Waals surface area contributed by atoms with Gasteiger partial charge in [0.05, 0.1) is 22.4 Å². The van der Waals surface area contributed by atoms with E-state index in [1.807, 2.05) is 10.9 Å². The molecule has 0 saturated heterocycles. The molecule has 0 amide bonds. The zero-order valence-corrected chi connectivity index (χ0v) is 11.5. The minimum Gasteiger partial charge on any atom is -0.322 e. The maximum absolute atomic E-state index is 6.22. The van der Waals surface area contributed by atoms with Crippen LogP contribution in [0.25, 0.3) is 0 Å². The first kappa shape index (κ1) is 11.8. The second-order valence-electron chi connectivity index (χ2n) is 3.58. The molecule has 2 aromatic rings. The van der Waals surface area contributed by atoms with Crippen LogP contribution in [0, 0.1) is 0 Å². The van der Waals surface area contributed by atoms with Gasteiger partial charge in [-0.2, -0.15) is 5.10 Å². The second-order valence-corrected chi connectivity index (χ2v) is 5.47. The Bertz CT molecular complexity index is 450. The van der Waals surface area contributed by atoms with Gasteiger partial charge in [-0.3, -0.25) is 4.68 Å². The molecule has 1 unspecified atom stereocenters. The lowest BCUT2D eigenvalue weighted by atomic mass is 10.1. The van der Waals surface area contributed by atoms with Crippen molar-refractivity contribution in [2.75, 3.05) is 0 Å². The normalized spacial score (nSPS) is 12.9. The molecule has 5 heteroatoms. The third-order valence-corrected chi connectivity index (χ3v) is 3.99. The Hall–Kier alpha value is -0.650. The van der Waals surface area contributed by atoms with E-state index in [4.69, 9.17) is 5.73 Å². The van der Waals surface area contributed by atoms with Crippen LogP contribution >= 0.6 is 27.3 Å². The van der Waals surface area contributed by atoms with Crippen molar-refractivity contribution < 1.29 is 0 Å². The molecule has 16 heavy (non-hydrogen) atoms. The standard InChI is InChI=1S/C11H14BrN3S/c1-2-15-11(9(12)7-14-15)10(13)6-8-4-3-5-16-8/h3-5,7,10H,2,6,13H2,1H3. The summed E-state index contributed by atoms with van der Waals surface area (Å²) in [6, 6.07) is 4.17. The van der Waals surface area contributed by atoms with Gasteiger partial charge < -0.3 is 5.73 Å². The van der Waals surface area contributed by atoms with Gasteiger partial charge in [-0.15, -0.1) is 11.3 Å². The molecule has 2 aromatic heterocycles. The molecule has 0 aliphatic heterocycles. The topological polar surface area (TPSA) is 43.8 Å². The smallest absolute Gasteiger partial charge is 0.0697 e. The predicted molar refractivity (Wildman–Crippen MR) is 70.6 cm³/mol. The summed E-state index contributed by atoms with van der Waals surface area (Å²) in [5.41, 5.74) is 7.30.